The van der Waals surface area contributed by atoms with Crippen LogP contribution in [0.3, 0.4) is 0 Å². The number of halogens is 1. The fourth-order valence-corrected chi connectivity index (χ4v) is 2.53. The molecule has 22 heavy (non-hydrogen) atoms. The fourth-order valence-electron chi connectivity index (χ4n) is 2.34. The third-order valence-electron chi connectivity index (χ3n) is 3.59. The topological polar surface area (TPSA) is 52.7 Å². The zero-order valence-electron chi connectivity index (χ0n) is 13.0. The summed E-state index contributed by atoms with van der Waals surface area (Å²) in [5.74, 6) is 0.439. The summed E-state index contributed by atoms with van der Waals surface area (Å²) in [7, 11) is 0. The number of carbonyl (C=O) groups is 2. The molecule has 0 unspecified atom stereocenters. The van der Waals surface area contributed by atoms with Crippen molar-refractivity contribution in [3.05, 3.63) is 29.3 Å². The maximum atomic E-state index is 12.4. The average molecular weight is 324 g/mol. The Balaban J connectivity index is 1.87. The molecule has 1 aromatic rings. The molecule has 0 radical (unpaired) electrons. The molecule has 2 rings (SSSR count). The number of rotatable bonds is 6. The van der Waals surface area contributed by atoms with E-state index in [1.807, 2.05) is 12.1 Å². The van der Waals surface area contributed by atoms with E-state index in [4.69, 9.17) is 11.6 Å². The first-order valence-corrected chi connectivity index (χ1v) is 7.94. The first-order chi connectivity index (χ1) is 10.5. The van der Waals surface area contributed by atoms with E-state index in [2.05, 4.69) is 19.2 Å². The monoisotopic (exact) mass is 323 g/mol. The predicted octanol–water partition coefficient (Wildman–Crippen LogP) is 2.74. The number of anilines is 1. The van der Waals surface area contributed by atoms with Gasteiger partial charge in [0.1, 0.15) is 6.54 Å². The lowest BCUT2D eigenvalue weighted by Crippen LogP contribution is -2.40. The zero-order valence-corrected chi connectivity index (χ0v) is 13.8. The second-order valence-corrected chi connectivity index (χ2v) is 6.30. The van der Waals surface area contributed by atoms with Crippen molar-refractivity contribution < 1.29 is 9.59 Å². The van der Waals surface area contributed by atoms with Gasteiger partial charge in [-0.1, -0.05) is 31.5 Å². The lowest BCUT2D eigenvalue weighted by atomic mass is 10.1. The SMILES string of the molecule is CC(C)CCNC(=O)CN1CCN(c2cccc(Cl)c2)C1=O. The van der Waals surface area contributed by atoms with Crippen molar-refractivity contribution >= 4 is 29.2 Å². The van der Waals surface area contributed by atoms with Gasteiger partial charge >= 0.3 is 6.03 Å². The van der Waals surface area contributed by atoms with Crippen LogP contribution in [0.15, 0.2) is 24.3 Å². The van der Waals surface area contributed by atoms with Gasteiger partial charge in [0.05, 0.1) is 0 Å². The molecular weight excluding hydrogens is 302 g/mol. The lowest BCUT2D eigenvalue weighted by molar-refractivity contribution is -0.121. The summed E-state index contributed by atoms with van der Waals surface area (Å²) in [6, 6.07) is 7.03. The highest BCUT2D eigenvalue weighted by Crippen LogP contribution is 2.23. The van der Waals surface area contributed by atoms with E-state index in [1.165, 1.54) is 0 Å². The van der Waals surface area contributed by atoms with E-state index in [0.717, 1.165) is 12.1 Å². The first kappa shape index (κ1) is 16.6. The molecule has 1 fully saturated rings. The minimum Gasteiger partial charge on any atom is -0.355 e. The Morgan fingerprint density at radius 3 is 2.82 bits per heavy atom. The molecule has 1 saturated heterocycles. The fraction of sp³-hybridized carbons (Fsp3) is 0.500. The van der Waals surface area contributed by atoms with Gasteiger partial charge in [-0.2, -0.15) is 0 Å². The van der Waals surface area contributed by atoms with Crippen LogP contribution in [-0.4, -0.2) is 43.0 Å². The second-order valence-electron chi connectivity index (χ2n) is 5.87. The smallest absolute Gasteiger partial charge is 0.325 e. The van der Waals surface area contributed by atoms with Crippen molar-refractivity contribution in [1.82, 2.24) is 10.2 Å². The number of amides is 3. The Morgan fingerprint density at radius 1 is 1.36 bits per heavy atom. The van der Waals surface area contributed by atoms with Crippen LogP contribution in [0, 0.1) is 5.92 Å². The summed E-state index contributed by atoms with van der Waals surface area (Å²) in [6.45, 7) is 6.09. The van der Waals surface area contributed by atoms with Gasteiger partial charge in [0, 0.05) is 30.3 Å². The van der Waals surface area contributed by atoms with Crippen LogP contribution in [-0.2, 0) is 4.79 Å². The molecule has 1 aromatic carbocycles. The van der Waals surface area contributed by atoms with Crippen LogP contribution >= 0.6 is 11.6 Å². The van der Waals surface area contributed by atoms with E-state index < -0.39 is 0 Å². The highest BCUT2D eigenvalue weighted by molar-refractivity contribution is 6.30. The highest BCUT2D eigenvalue weighted by atomic mass is 35.5. The third kappa shape index (κ3) is 4.37. The molecule has 5 nitrogen and oxygen atoms in total. The predicted molar refractivity (Wildman–Crippen MR) is 88.2 cm³/mol. The summed E-state index contributed by atoms with van der Waals surface area (Å²) in [5, 5.41) is 3.45. The van der Waals surface area contributed by atoms with Crippen LogP contribution in [0.2, 0.25) is 5.02 Å². The van der Waals surface area contributed by atoms with Crippen molar-refractivity contribution in [2.24, 2.45) is 5.92 Å². The Kier molecular flexibility index (Phi) is 5.66. The van der Waals surface area contributed by atoms with Gasteiger partial charge in [-0.3, -0.25) is 9.69 Å². The van der Waals surface area contributed by atoms with Crippen LogP contribution in [0.25, 0.3) is 0 Å². The van der Waals surface area contributed by atoms with Gasteiger partial charge in [0.15, 0.2) is 0 Å². The molecule has 0 bridgehead atoms. The van der Waals surface area contributed by atoms with Crippen molar-refractivity contribution in [3.63, 3.8) is 0 Å². The molecule has 1 heterocycles. The lowest BCUT2D eigenvalue weighted by Gasteiger charge is -2.18. The number of nitrogens with one attached hydrogen (secondary N) is 1. The quantitative estimate of drug-likeness (QED) is 0.875. The maximum Gasteiger partial charge on any atom is 0.325 e. The Bertz CT molecular complexity index is 548. The molecule has 0 aliphatic carbocycles. The van der Waals surface area contributed by atoms with Crippen LogP contribution in [0.1, 0.15) is 20.3 Å². The second kappa shape index (κ2) is 7.49. The number of urea groups is 1. The van der Waals surface area contributed by atoms with Gasteiger partial charge in [-0.25, -0.2) is 4.79 Å². The van der Waals surface area contributed by atoms with Crippen molar-refractivity contribution in [2.75, 3.05) is 31.1 Å². The van der Waals surface area contributed by atoms with Crippen molar-refractivity contribution in [2.45, 2.75) is 20.3 Å². The normalized spacial score (nSPS) is 14.8. The maximum absolute atomic E-state index is 12.4. The van der Waals surface area contributed by atoms with E-state index in [-0.39, 0.29) is 18.5 Å². The largest absolute Gasteiger partial charge is 0.355 e. The minimum atomic E-state index is -0.152. The van der Waals surface area contributed by atoms with Gasteiger partial charge in [-0.15, -0.1) is 0 Å². The molecular formula is C16H22ClN3O2. The van der Waals surface area contributed by atoms with Crippen LogP contribution in [0.4, 0.5) is 10.5 Å². The van der Waals surface area contributed by atoms with Gasteiger partial charge in [-0.05, 0) is 30.5 Å². The summed E-state index contributed by atoms with van der Waals surface area (Å²) in [4.78, 5) is 27.4. The molecule has 120 valence electrons. The van der Waals surface area contributed by atoms with E-state index in [1.54, 1.807) is 21.9 Å². The zero-order chi connectivity index (χ0) is 16.1. The standard InChI is InChI=1S/C16H22ClN3O2/c1-12(2)6-7-18-15(21)11-19-8-9-20(16(19)22)14-5-3-4-13(17)10-14/h3-5,10,12H,6-9,11H2,1-2H3,(H,18,21). The summed E-state index contributed by atoms with van der Waals surface area (Å²) in [6.07, 6.45) is 0.939. The number of carbonyl (C=O) groups excluding carboxylic acids is 2. The van der Waals surface area contributed by atoms with Crippen molar-refractivity contribution in [1.29, 1.82) is 0 Å². The summed E-state index contributed by atoms with van der Waals surface area (Å²) >= 11 is 5.96. The molecule has 6 heteroatoms. The van der Waals surface area contributed by atoms with Crippen LogP contribution < -0.4 is 10.2 Å². The molecule has 3 amide bonds. The number of hydrogen-bond donors (Lipinski definition) is 1. The summed E-state index contributed by atoms with van der Waals surface area (Å²) < 4.78 is 0. The molecule has 1 N–H and O–H groups in total. The van der Waals surface area contributed by atoms with E-state index >= 15 is 0 Å². The molecule has 0 spiro atoms. The third-order valence-corrected chi connectivity index (χ3v) is 3.83. The average Bonchev–Trinajstić information content (AvgIpc) is 2.80. The highest BCUT2D eigenvalue weighted by Gasteiger charge is 2.30. The van der Waals surface area contributed by atoms with Gasteiger partial charge in [0.25, 0.3) is 0 Å². The molecule has 0 atom stereocenters. The molecule has 0 saturated carbocycles. The number of hydrogen-bond acceptors (Lipinski definition) is 2. The van der Waals surface area contributed by atoms with Crippen molar-refractivity contribution in [3.8, 4) is 0 Å². The summed E-state index contributed by atoms with van der Waals surface area (Å²) in [5.41, 5.74) is 0.764. The minimum absolute atomic E-state index is 0.105. The van der Waals surface area contributed by atoms with Gasteiger partial charge < -0.3 is 10.2 Å². The number of nitrogens with zero attached hydrogens (tertiary/aromatic N) is 2. The Morgan fingerprint density at radius 2 is 2.14 bits per heavy atom. The molecule has 1 aliphatic rings. The molecule has 0 aromatic heterocycles. The van der Waals surface area contributed by atoms with Crippen LogP contribution in [0.5, 0.6) is 0 Å². The van der Waals surface area contributed by atoms with Gasteiger partial charge in [0.2, 0.25) is 5.91 Å². The number of benzene rings is 1. The Labute approximate surface area is 136 Å². The Hall–Kier alpha value is -1.75. The van der Waals surface area contributed by atoms with E-state index in [0.29, 0.717) is 30.6 Å². The van der Waals surface area contributed by atoms with E-state index in [9.17, 15) is 9.59 Å². The first-order valence-electron chi connectivity index (χ1n) is 7.56. The molecule has 1 aliphatic heterocycles.